The van der Waals surface area contributed by atoms with Crippen molar-refractivity contribution in [3.05, 3.63) is 0 Å². The molecular weight excluding hydrogens is 155 g/mol. The fraction of sp³-hybridized carbons (Fsp3) is 0.833. The summed E-state index contributed by atoms with van der Waals surface area (Å²) >= 11 is 0. The molecule has 0 aromatic carbocycles. The van der Waals surface area contributed by atoms with E-state index in [9.17, 15) is 13.6 Å². The Balaban J connectivity index is 2.71. The molecule has 1 fully saturated rings. The molecule has 1 aliphatic rings. The number of rotatable bonds is 1. The topological polar surface area (TPSA) is 63.3 Å². The molecule has 0 aliphatic heterocycles. The SMILES string of the molecule is N[C@]1(C(=O)O)C[C@@H]([18F])[C@@H](F)C1. The highest BCUT2D eigenvalue weighted by Crippen LogP contribution is 2.32. The predicted octanol–water partition coefficient (Wildman–Crippen LogP) is 0.238. The summed E-state index contributed by atoms with van der Waals surface area (Å²) in [5.41, 5.74) is 3.51. The average Bonchev–Trinajstić information content (AvgIpc) is 2.09. The third kappa shape index (κ3) is 1.33. The summed E-state index contributed by atoms with van der Waals surface area (Å²) in [6.45, 7) is 0. The maximum Gasteiger partial charge on any atom is 0.323 e. The Morgan fingerprint density at radius 2 is 1.82 bits per heavy atom. The van der Waals surface area contributed by atoms with E-state index in [1.165, 1.54) is 0 Å². The highest BCUT2D eigenvalue weighted by molar-refractivity contribution is 5.79. The molecule has 0 saturated heterocycles. The quantitative estimate of drug-likeness (QED) is 0.583. The summed E-state index contributed by atoms with van der Waals surface area (Å²) in [5.74, 6) is -1.33. The van der Waals surface area contributed by atoms with E-state index in [-0.39, 0.29) is 0 Å². The third-order valence-corrected chi connectivity index (χ3v) is 1.94. The average molecular weight is 164 g/mol. The van der Waals surface area contributed by atoms with E-state index < -0.39 is 36.7 Å². The van der Waals surface area contributed by atoms with Gasteiger partial charge in [-0.25, -0.2) is 8.78 Å². The molecule has 3 N–H and O–H groups in total. The Kier molecular flexibility index (Phi) is 1.83. The molecule has 64 valence electrons. The minimum atomic E-state index is -1.73. The third-order valence-electron chi connectivity index (χ3n) is 1.94. The van der Waals surface area contributed by atoms with Crippen LogP contribution in [0.25, 0.3) is 0 Å². The van der Waals surface area contributed by atoms with Crippen molar-refractivity contribution in [1.82, 2.24) is 0 Å². The molecule has 1 aliphatic carbocycles. The smallest absolute Gasteiger partial charge is 0.323 e. The van der Waals surface area contributed by atoms with Crippen LogP contribution < -0.4 is 5.73 Å². The van der Waals surface area contributed by atoms with Gasteiger partial charge >= 0.3 is 5.97 Å². The first-order valence-electron chi connectivity index (χ1n) is 3.26. The number of alkyl halides is 2. The molecular formula is C6H9F2NO2. The maximum absolute atomic E-state index is 12.5. The lowest BCUT2D eigenvalue weighted by molar-refractivity contribution is -0.143. The zero-order chi connectivity index (χ0) is 8.65. The zero-order valence-electron chi connectivity index (χ0n) is 5.76. The van der Waals surface area contributed by atoms with Crippen molar-refractivity contribution in [1.29, 1.82) is 0 Å². The molecule has 1 saturated carbocycles. The molecule has 11 heavy (non-hydrogen) atoms. The van der Waals surface area contributed by atoms with Gasteiger partial charge in [0, 0.05) is 12.8 Å². The second-order valence-electron chi connectivity index (χ2n) is 2.90. The van der Waals surface area contributed by atoms with Gasteiger partial charge in [0.05, 0.1) is 0 Å². The van der Waals surface area contributed by atoms with Gasteiger partial charge in [0.25, 0.3) is 0 Å². The van der Waals surface area contributed by atoms with Gasteiger partial charge in [0.2, 0.25) is 0 Å². The minimum Gasteiger partial charge on any atom is -0.480 e. The van der Waals surface area contributed by atoms with E-state index in [0.717, 1.165) is 0 Å². The monoisotopic (exact) mass is 164 g/mol. The Bertz CT molecular complexity index is 175. The zero-order valence-corrected chi connectivity index (χ0v) is 5.76. The van der Waals surface area contributed by atoms with Crippen LogP contribution in [0, 0.1) is 0 Å². The standard InChI is InChI=1S/C6H9F2NO2/c7-3-1-6(9,5(10)11)2-4(3)8/h3-4H,1-2,9H2,(H,10,11)/t3-,4+,6-/i7-1/m1/s1. The Morgan fingerprint density at radius 1 is 1.45 bits per heavy atom. The summed E-state index contributed by atoms with van der Waals surface area (Å²) in [6.07, 6.45) is -4.31. The lowest BCUT2D eigenvalue weighted by Gasteiger charge is -2.15. The van der Waals surface area contributed by atoms with Crippen molar-refractivity contribution >= 4 is 5.97 Å². The van der Waals surface area contributed by atoms with Crippen molar-refractivity contribution in [3.63, 3.8) is 0 Å². The minimum absolute atomic E-state index is 0.427. The fourth-order valence-electron chi connectivity index (χ4n) is 1.21. The Labute approximate surface area is 62.2 Å². The van der Waals surface area contributed by atoms with Crippen LogP contribution in [0.1, 0.15) is 12.8 Å². The molecule has 0 spiro atoms. The van der Waals surface area contributed by atoms with Crippen LogP contribution in [0.3, 0.4) is 0 Å². The lowest BCUT2D eigenvalue weighted by Crippen LogP contribution is -2.45. The van der Waals surface area contributed by atoms with Crippen molar-refractivity contribution in [2.45, 2.75) is 30.7 Å². The largest absolute Gasteiger partial charge is 0.480 e. The number of carboxylic acids is 1. The van der Waals surface area contributed by atoms with Gasteiger partial charge in [0.1, 0.15) is 17.9 Å². The summed E-state index contributed by atoms with van der Waals surface area (Å²) in [7, 11) is 0. The molecule has 0 amide bonds. The molecule has 0 radical (unpaired) electrons. The van der Waals surface area contributed by atoms with Gasteiger partial charge in [-0.05, 0) is 0 Å². The van der Waals surface area contributed by atoms with E-state index in [2.05, 4.69) is 0 Å². The summed E-state index contributed by atoms with van der Waals surface area (Å²) in [4.78, 5) is 10.4. The van der Waals surface area contributed by atoms with E-state index in [0.29, 0.717) is 0 Å². The number of hydrogen-bond acceptors (Lipinski definition) is 2. The van der Waals surface area contributed by atoms with Crippen molar-refractivity contribution in [3.8, 4) is 0 Å². The molecule has 1 rings (SSSR count). The van der Waals surface area contributed by atoms with Gasteiger partial charge in [-0.1, -0.05) is 0 Å². The summed E-state index contributed by atoms with van der Waals surface area (Å²) < 4.78 is 24.9. The van der Waals surface area contributed by atoms with E-state index in [4.69, 9.17) is 10.8 Å². The molecule has 5 heteroatoms. The Hall–Kier alpha value is -0.710. The summed E-state index contributed by atoms with van der Waals surface area (Å²) in [6, 6.07) is 0. The first-order chi connectivity index (χ1) is 4.96. The van der Waals surface area contributed by atoms with Gasteiger partial charge in [-0.2, -0.15) is 0 Å². The second kappa shape index (κ2) is 2.41. The predicted molar refractivity (Wildman–Crippen MR) is 33.6 cm³/mol. The molecule has 0 unspecified atom stereocenters. The maximum atomic E-state index is 12.5. The molecule has 0 aromatic heterocycles. The van der Waals surface area contributed by atoms with Gasteiger partial charge in [-0.15, -0.1) is 0 Å². The van der Waals surface area contributed by atoms with E-state index in [1.807, 2.05) is 0 Å². The van der Waals surface area contributed by atoms with Crippen LogP contribution in [0.4, 0.5) is 8.78 Å². The van der Waals surface area contributed by atoms with Crippen molar-refractivity contribution < 1.29 is 18.7 Å². The number of carboxylic acid groups (broad SMARTS) is 1. The Morgan fingerprint density at radius 3 is 2.00 bits per heavy atom. The van der Waals surface area contributed by atoms with Crippen molar-refractivity contribution in [2.75, 3.05) is 0 Å². The highest BCUT2D eigenvalue weighted by atomic mass is 19.1. The number of nitrogens with two attached hydrogens (primary N) is 1. The number of aliphatic carboxylic acids is 1. The van der Waals surface area contributed by atoms with Crippen LogP contribution in [-0.2, 0) is 4.79 Å². The number of carbonyl (C=O) groups is 1. The van der Waals surface area contributed by atoms with Crippen LogP contribution >= 0.6 is 0 Å². The normalized spacial score (nSPS) is 44.3. The molecule has 3 nitrogen and oxygen atoms in total. The van der Waals surface area contributed by atoms with Crippen LogP contribution in [-0.4, -0.2) is 29.0 Å². The molecule has 0 aromatic rings. The van der Waals surface area contributed by atoms with Crippen LogP contribution in [0.15, 0.2) is 0 Å². The first-order valence-corrected chi connectivity index (χ1v) is 3.26. The van der Waals surface area contributed by atoms with Crippen LogP contribution in [0.2, 0.25) is 0 Å². The molecule has 3 atom stereocenters. The molecule has 0 heterocycles. The number of halogens is 2. The van der Waals surface area contributed by atoms with Gasteiger partial charge < -0.3 is 10.8 Å². The lowest BCUT2D eigenvalue weighted by atomic mass is 10.00. The fourth-order valence-corrected chi connectivity index (χ4v) is 1.21. The number of hydrogen-bond donors (Lipinski definition) is 2. The van der Waals surface area contributed by atoms with Crippen molar-refractivity contribution in [2.24, 2.45) is 5.73 Å². The van der Waals surface area contributed by atoms with Crippen LogP contribution in [0.5, 0.6) is 0 Å². The van der Waals surface area contributed by atoms with E-state index in [1.54, 1.807) is 0 Å². The second-order valence-corrected chi connectivity index (χ2v) is 2.90. The van der Waals surface area contributed by atoms with E-state index >= 15 is 0 Å². The first kappa shape index (κ1) is 8.39. The van der Waals surface area contributed by atoms with Gasteiger partial charge in [0.15, 0.2) is 0 Å². The van der Waals surface area contributed by atoms with Gasteiger partial charge in [-0.3, -0.25) is 4.79 Å². The molecule has 0 bridgehead atoms. The highest BCUT2D eigenvalue weighted by Gasteiger charge is 2.48. The summed E-state index contributed by atoms with van der Waals surface area (Å²) in [5, 5.41) is 8.45.